The molecule has 1 aromatic heterocycles. The monoisotopic (exact) mass is 380 g/mol. The van der Waals surface area contributed by atoms with Gasteiger partial charge < -0.3 is 10.2 Å². The summed E-state index contributed by atoms with van der Waals surface area (Å²) < 4.78 is 1.38. The van der Waals surface area contributed by atoms with Gasteiger partial charge in [-0.05, 0) is 18.9 Å². The standard InChI is InChI=1S/C15H16N4O4S2/c1-18(7-13(20)16-9-2-3-9)14(21)8-24-15-17-11-5-4-10(19(22)23)6-12(11)25-15/h4-6,9H,2-3,7-8H2,1H3,(H,16,20). The van der Waals surface area contributed by atoms with E-state index in [0.29, 0.717) is 14.6 Å². The van der Waals surface area contributed by atoms with Crippen molar-refractivity contribution in [2.75, 3.05) is 19.3 Å². The zero-order valence-electron chi connectivity index (χ0n) is 13.4. The van der Waals surface area contributed by atoms with Gasteiger partial charge in [0.1, 0.15) is 0 Å². The SMILES string of the molecule is CN(CC(=O)NC1CC1)C(=O)CSc1nc2ccc([N+](=O)[O-])cc2s1. The normalized spacial score (nSPS) is 13.6. The summed E-state index contributed by atoms with van der Waals surface area (Å²) in [6.07, 6.45) is 2.02. The number of thiazole rings is 1. The molecule has 0 unspecified atom stereocenters. The first-order valence-corrected chi connectivity index (χ1v) is 9.43. The Balaban J connectivity index is 1.54. The Morgan fingerprint density at radius 1 is 1.48 bits per heavy atom. The third-order valence-electron chi connectivity index (χ3n) is 3.63. The molecule has 1 heterocycles. The van der Waals surface area contributed by atoms with E-state index >= 15 is 0 Å². The summed E-state index contributed by atoms with van der Waals surface area (Å²) in [6, 6.07) is 4.77. The number of hydrogen-bond acceptors (Lipinski definition) is 7. The maximum atomic E-state index is 12.1. The Morgan fingerprint density at radius 3 is 2.92 bits per heavy atom. The van der Waals surface area contributed by atoms with Gasteiger partial charge in [0, 0.05) is 25.2 Å². The summed E-state index contributed by atoms with van der Waals surface area (Å²) in [7, 11) is 1.59. The number of nitro benzene ring substituents is 1. The van der Waals surface area contributed by atoms with Crippen LogP contribution in [-0.2, 0) is 9.59 Å². The third kappa shape index (κ3) is 4.67. The first-order chi connectivity index (χ1) is 11.9. The highest BCUT2D eigenvalue weighted by Crippen LogP contribution is 2.31. The molecule has 0 atom stereocenters. The zero-order valence-corrected chi connectivity index (χ0v) is 15.1. The number of fused-ring (bicyclic) bond motifs is 1. The van der Waals surface area contributed by atoms with Crippen LogP contribution in [0, 0.1) is 10.1 Å². The minimum absolute atomic E-state index is 0.0187. The van der Waals surface area contributed by atoms with Crippen LogP contribution in [0.4, 0.5) is 5.69 Å². The zero-order chi connectivity index (χ0) is 18.0. The van der Waals surface area contributed by atoms with E-state index in [9.17, 15) is 19.7 Å². The summed E-state index contributed by atoms with van der Waals surface area (Å²) in [5, 5.41) is 13.6. The molecule has 132 valence electrons. The van der Waals surface area contributed by atoms with Crippen molar-refractivity contribution in [1.29, 1.82) is 0 Å². The summed E-state index contributed by atoms with van der Waals surface area (Å²) in [4.78, 5) is 39.9. The lowest BCUT2D eigenvalue weighted by Gasteiger charge is -2.16. The Morgan fingerprint density at radius 2 is 2.24 bits per heavy atom. The fourth-order valence-corrected chi connectivity index (χ4v) is 4.15. The summed E-state index contributed by atoms with van der Waals surface area (Å²) >= 11 is 2.58. The average molecular weight is 380 g/mol. The Labute approximate surface area is 151 Å². The van der Waals surface area contributed by atoms with Gasteiger partial charge in [-0.25, -0.2) is 4.98 Å². The molecule has 0 bridgehead atoms. The van der Waals surface area contributed by atoms with Crippen molar-refractivity contribution in [1.82, 2.24) is 15.2 Å². The molecule has 8 nitrogen and oxygen atoms in total. The van der Waals surface area contributed by atoms with Crippen molar-refractivity contribution in [2.45, 2.75) is 23.2 Å². The molecule has 2 amide bonds. The van der Waals surface area contributed by atoms with Gasteiger partial charge in [0.05, 0.1) is 27.4 Å². The molecule has 1 aliphatic rings. The van der Waals surface area contributed by atoms with E-state index in [0.717, 1.165) is 12.8 Å². The lowest BCUT2D eigenvalue weighted by Crippen LogP contribution is -2.39. The van der Waals surface area contributed by atoms with E-state index in [1.54, 1.807) is 13.1 Å². The molecule has 2 aromatic rings. The van der Waals surface area contributed by atoms with Crippen LogP contribution in [0.5, 0.6) is 0 Å². The first kappa shape index (κ1) is 17.6. The highest BCUT2D eigenvalue weighted by Gasteiger charge is 2.24. The fraction of sp³-hybridized carbons (Fsp3) is 0.400. The second-order valence-corrected chi connectivity index (χ2v) is 8.02. The van der Waals surface area contributed by atoms with Crippen LogP contribution >= 0.6 is 23.1 Å². The van der Waals surface area contributed by atoms with Crippen LogP contribution in [0.2, 0.25) is 0 Å². The molecule has 1 saturated carbocycles. The Bertz CT molecular complexity index is 834. The minimum atomic E-state index is -0.447. The Hall–Kier alpha value is -2.20. The van der Waals surface area contributed by atoms with Gasteiger partial charge in [-0.1, -0.05) is 11.8 Å². The van der Waals surface area contributed by atoms with Gasteiger partial charge in [0.15, 0.2) is 4.34 Å². The smallest absolute Gasteiger partial charge is 0.270 e. The molecule has 25 heavy (non-hydrogen) atoms. The maximum Gasteiger partial charge on any atom is 0.270 e. The number of carbonyl (C=O) groups is 2. The first-order valence-electron chi connectivity index (χ1n) is 7.63. The van der Waals surface area contributed by atoms with Crippen LogP contribution < -0.4 is 5.32 Å². The van der Waals surface area contributed by atoms with Gasteiger partial charge in [-0.2, -0.15) is 0 Å². The molecule has 3 rings (SSSR count). The van der Waals surface area contributed by atoms with Gasteiger partial charge >= 0.3 is 0 Å². The molecule has 0 saturated heterocycles. The van der Waals surface area contributed by atoms with E-state index in [1.807, 2.05) is 0 Å². The molecule has 0 spiro atoms. The van der Waals surface area contributed by atoms with Crippen LogP contribution in [0.15, 0.2) is 22.5 Å². The fourth-order valence-electron chi connectivity index (χ4n) is 2.11. The molecule has 1 fully saturated rings. The molecule has 1 aliphatic carbocycles. The molecule has 1 N–H and O–H groups in total. The highest BCUT2D eigenvalue weighted by molar-refractivity contribution is 8.01. The highest BCUT2D eigenvalue weighted by atomic mass is 32.2. The van der Waals surface area contributed by atoms with Crippen LogP contribution in [-0.4, -0.2) is 52.0 Å². The number of rotatable bonds is 7. The lowest BCUT2D eigenvalue weighted by molar-refractivity contribution is -0.384. The third-order valence-corrected chi connectivity index (χ3v) is 5.78. The molecule has 10 heteroatoms. The van der Waals surface area contributed by atoms with Crippen molar-refractivity contribution in [2.24, 2.45) is 0 Å². The topological polar surface area (TPSA) is 105 Å². The summed E-state index contributed by atoms with van der Waals surface area (Å²) in [5.41, 5.74) is 0.688. The number of nitro groups is 1. The largest absolute Gasteiger partial charge is 0.352 e. The maximum absolute atomic E-state index is 12.1. The predicted molar refractivity (Wildman–Crippen MR) is 95.8 cm³/mol. The van der Waals surface area contributed by atoms with Crippen molar-refractivity contribution in [3.63, 3.8) is 0 Å². The molecule has 1 aromatic carbocycles. The number of hydrogen-bond donors (Lipinski definition) is 1. The van der Waals surface area contributed by atoms with Crippen LogP contribution in [0.3, 0.4) is 0 Å². The van der Waals surface area contributed by atoms with Gasteiger partial charge in [0.25, 0.3) is 5.69 Å². The number of non-ortho nitro benzene ring substituents is 1. The van der Waals surface area contributed by atoms with Crippen molar-refractivity contribution in [3.8, 4) is 0 Å². The van der Waals surface area contributed by atoms with E-state index in [1.165, 1.54) is 40.1 Å². The number of thioether (sulfide) groups is 1. The second-order valence-electron chi connectivity index (χ2n) is 5.77. The van der Waals surface area contributed by atoms with Crippen LogP contribution in [0.25, 0.3) is 10.2 Å². The summed E-state index contributed by atoms with van der Waals surface area (Å²) in [6.45, 7) is 0.0436. The number of likely N-dealkylation sites (N-methyl/N-ethyl adjacent to an activating group) is 1. The summed E-state index contributed by atoms with van der Waals surface area (Å²) in [5.74, 6) is -0.147. The van der Waals surface area contributed by atoms with Gasteiger partial charge in [-0.3, -0.25) is 19.7 Å². The number of benzene rings is 1. The predicted octanol–water partition coefficient (Wildman–Crippen LogP) is 2.03. The quantitative estimate of drug-likeness (QED) is 0.448. The van der Waals surface area contributed by atoms with Crippen molar-refractivity contribution >= 4 is 50.8 Å². The van der Waals surface area contributed by atoms with Crippen molar-refractivity contribution in [3.05, 3.63) is 28.3 Å². The minimum Gasteiger partial charge on any atom is -0.352 e. The molecular formula is C15H16N4O4S2. The Kier molecular flexibility index (Phi) is 5.19. The second kappa shape index (κ2) is 7.36. The van der Waals surface area contributed by atoms with E-state index in [4.69, 9.17) is 0 Å². The van der Waals surface area contributed by atoms with Gasteiger partial charge in [-0.15, -0.1) is 11.3 Å². The van der Waals surface area contributed by atoms with E-state index < -0.39 is 4.92 Å². The molecule has 0 radical (unpaired) electrons. The number of nitrogens with zero attached hydrogens (tertiary/aromatic N) is 3. The number of amides is 2. The molecule has 0 aliphatic heterocycles. The van der Waals surface area contributed by atoms with Crippen LogP contribution in [0.1, 0.15) is 12.8 Å². The van der Waals surface area contributed by atoms with E-state index in [2.05, 4.69) is 10.3 Å². The number of carbonyl (C=O) groups excluding carboxylic acids is 2. The van der Waals surface area contributed by atoms with Gasteiger partial charge in [0.2, 0.25) is 11.8 Å². The van der Waals surface area contributed by atoms with E-state index in [-0.39, 0.29) is 35.8 Å². The number of aromatic nitrogens is 1. The van der Waals surface area contributed by atoms with Crippen molar-refractivity contribution < 1.29 is 14.5 Å². The lowest BCUT2D eigenvalue weighted by atomic mass is 10.3. The average Bonchev–Trinajstić information content (AvgIpc) is 3.27. The molecular weight excluding hydrogens is 364 g/mol. The number of nitrogens with one attached hydrogen (secondary N) is 1.